The molecular formula is C15H19ClN2O3. The van der Waals surface area contributed by atoms with Crippen molar-refractivity contribution in [2.45, 2.75) is 6.42 Å². The Morgan fingerprint density at radius 3 is 3.00 bits per heavy atom. The van der Waals surface area contributed by atoms with Crippen LogP contribution in [0.5, 0.6) is 11.5 Å². The summed E-state index contributed by atoms with van der Waals surface area (Å²) in [5.74, 6) is 1.04. The Bertz CT molecular complexity index is 544. The van der Waals surface area contributed by atoms with Gasteiger partial charge in [0.2, 0.25) is 12.7 Å². The number of halogens is 1. The number of carbonyl (C=O) groups excluding carboxylic acids is 1. The maximum atomic E-state index is 11.7. The first-order valence-electron chi connectivity index (χ1n) is 6.76. The zero-order valence-corrected chi connectivity index (χ0v) is 12.9. The lowest BCUT2D eigenvalue weighted by Crippen LogP contribution is -2.25. The van der Waals surface area contributed by atoms with E-state index in [-0.39, 0.29) is 12.7 Å². The average molecular weight is 311 g/mol. The fraction of sp³-hybridized carbons (Fsp3) is 0.400. The number of hydrogen-bond acceptors (Lipinski definition) is 4. The maximum Gasteiger partial charge on any atom is 0.243 e. The van der Waals surface area contributed by atoms with Crippen molar-refractivity contribution in [3.05, 3.63) is 28.8 Å². The van der Waals surface area contributed by atoms with Gasteiger partial charge in [-0.1, -0.05) is 11.6 Å². The molecule has 0 unspecified atom stereocenters. The number of benzene rings is 1. The molecule has 1 aromatic rings. The molecule has 1 amide bonds. The Labute approximate surface area is 129 Å². The zero-order chi connectivity index (χ0) is 15.2. The fourth-order valence-corrected chi connectivity index (χ4v) is 2.19. The van der Waals surface area contributed by atoms with E-state index >= 15 is 0 Å². The number of ether oxygens (including phenoxy) is 2. The minimum atomic E-state index is -0.123. The fourth-order valence-electron chi connectivity index (χ4n) is 1.92. The molecule has 0 aliphatic carbocycles. The van der Waals surface area contributed by atoms with Gasteiger partial charge in [-0.15, -0.1) is 0 Å². The van der Waals surface area contributed by atoms with E-state index in [1.807, 2.05) is 14.1 Å². The Kier molecular flexibility index (Phi) is 5.47. The van der Waals surface area contributed by atoms with Gasteiger partial charge in [0.1, 0.15) is 0 Å². The van der Waals surface area contributed by atoms with E-state index in [0.717, 1.165) is 18.5 Å². The van der Waals surface area contributed by atoms with Crippen molar-refractivity contribution in [1.29, 1.82) is 0 Å². The molecule has 0 aromatic heterocycles. The third-order valence-corrected chi connectivity index (χ3v) is 3.24. The van der Waals surface area contributed by atoms with Crippen LogP contribution >= 0.6 is 11.6 Å². The van der Waals surface area contributed by atoms with Gasteiger partial charge < -0.3 is 19.7 Å². The summed E-state index contributed by atoms with van der Waals surface area (Å²) in [7, 11) is 4.01. The highest BCUT2D eigenvalue weighted by atomic mass is 35.5. The molecule has 1 heterocycles. The van der Waals surface area contributed by atoms with Crippen molar-refractivity contribution in [3.63, 3.8) is 0 Å². The van der Waals surface area contributed by atoms with E-state index in [1.54, 1.807) is 18.2 Å². The molecule has 0 saturated carbocycles. The molecule has 1 aliphatic rings. The minimum absolute atomic E-state index is 0.123. The third-order valence-electron chi connectivity index (χ3n) is 2.96. The first-order chi connectivity index (χ1) is 10.1. The second kappa shape index (κ2) is 7.33. The second-order valence-electron chi connectivity index (χ2n) is 5.02. The molecule has 0 fully saturated rings. The van der Waals surface area contributed by atoms with Crippen molar-refractivity contribution in [1.82, 2.24) is 10.2 Å². The molecule has 2 rings (SSSR count). The largest absolute Gasteiger partial charge is 0.454 e. The highest BCUT2D eigenvalue weighted by Gasteiger charge is 2.17. The first kappa shape index (κ1) is 15.7. The summed E-state index contributed by atoms with van der Waals surface area (Å²) in [5.41, 5.74) is 0.799. The number of amides is 1. The van der Waals surface area contributed by atoms with Crippen LogP contribution in [-0.4, -0.2) is 44.8 Å². The normalized spacial score (nSPS) is 13.1. The van der Waals surface area contributed by atoms with Crippen molar-refractivity contribution in [2.24, 2.45) is 0 Å². The SMILES string of the molecule is CN(C)CCCNC(=O)C=Cc1cc(Cl)c2c(c1)OCO2. The molecule has 0 spiro atoms. The van der Waals surface area contributed by atoms with E-state index in [0.29, 0.717) is 23.1 Å². The van der Waals surface area contributed by atoms with Gasteiger partial charge in [0.25, 0.3) is 0 Å². The van der Waals surface area contributed by atoms with Crippen LogP contribution in [0.1, 0.15) is 12.0 Å². The molecule has 0 bridgehead atoms. The number of hydrogen-bond donors (Lipinski definition) is 1. The summed E-state index contributed by atoms with van der Waals surface area (Å²) in [6, 6.07) is 3.54. The van der Waals surface area contributed by atoms with Gasteiger partial charge >= 0.3 is 0 Å². The first-order valence-corrected chi connectivity index (χ1v) is 7.14. The summed E-state index contributed by atoms with van der Waals surface area (Å²) >= 11 is 6.08. The maximum absolute atomic E-state index is 11.7. The van der Waals surface area contributed by atoms with Crippen LogP contribution < -0.4 is 14.8 Å². The minimum Gasteiger partial charge on any atom is -0.454 e. The standard InChI is InChI=1S/C15H19ClN2O3/c1-18(2)7-3-6-17-14(19)5-4-11-8-12(16)15-13(9-11)20-10-21-15/h4-5,8-9H,3,6-7,10H2,1-2H3,(H,17,19). The van der Waals surface area contributed by atoms with Gasteiger partial charge in [0.15, 0.2) is 11.5 Å². The summed E-state index contributed by atoms with van der Waals surface area (Å²) in [6.45, 7) is 1.78. The molecule has 0 saturated heterocycles. The average Bonchev–Trinajstić information content (AvgIpc) is 2.90. The summed E-state index contributed by atoms with van der Waals surface area (Å²) < 4.78 is 10.5. The van der Waals surface area contributed by atoms with Crippen LogP contribution in [0.25, 0.3) is 6.08 Å². The Balaban J connectivity index is 1.86. The molecule has 114 valence electrons. The van der Waals surface area contributed by atoms with Crippen LogP contribution in [0, 0.1) is 0 Å². The Hall–Kier alpha value is -1.72. The second-order valence-corrected chi connectivity index (χ2v) is 5.42. The molecule has 0 atom stereocenters. The van der Waals surface area contributed by atoms with Crippen LogP contribution in [0.2, 0.25) is 5.02 Å². The van der Waals surface area contributed by atoms with Crippen LogP contribution in [0.3, 0.4) is 0 Å². The van der Waals surface area contributed by atoms with Gasteiger partial charge in [-0.05, 0) is 50.8 Å². The molecular weight excluding hydrogens is 292 g/mol. The lowest BCUT2D eigenvalue weighted by atomic mass is 10.2. The highest BCUT2D eigenvalue weighted by molar-refractivity contribution is 6.32. The van der Waals surface area contributed by atoms with E-state index in [4.69, 9.17) is 21.1 Å². The Morgan fingerprint density at radius 1 is 1.43 bits per heavy atom. The van der Waals surface area contributed by atoms with E-state index in [2.05, 4.69) is 10.2 Å². The van der Waals surface area contributed by atoms with Gasteiger partial charge in [0.05, 0.1) is 5.02 Å². The van der Waals surface area contributed by atoms with Gasteiger partial charge in [-0.25, -0.2) is 0 Å². The van der Waals surface area contributed by atoms with Gasteiger partial charge in [-0.2, -0.15) is 0 Å². The molecule has 21 heavy (non-hydrogen) atoms. The highest BCUT2D eigenvalue weighted by Crippen LogP contribution is 2.39. The molecule has 0 radical (unpaired) electrons. The van der Waals surface area contributed by atoms with E-state index in [9.17, 15) is 4.79 Å². The van der Waals surface area contributed by atoms with Gasteiger partial charge in [0, 0.05) is 12.6 Å². The van der Waals surface area contributed by atoms with Crippen LogP contribution in [-0.2, 0) is 4.79 Å². The molecule has 1 aromatic carbocycles. The van der Waals surface area contributed by atoms with Crippen molar-refractivity contribution in [3.8, 4) is 11.5 Å². The summed E-state index contributed by atoms with van der Waals surface area (Å²) in [4.78, 5) is 13.8. The van der Waals surface area contributed by atoms with Crippen molar-refractivity contribution in [2.75, 3.05) is 34.0 Å². The molecule has 6 heteroatoms. The smallest absolute Gasteiger partial charge is 0.243 e. The Morgan fingerprint density at radius 2 is 2.24 bits per heavy atom. The number of nitrogens with zero attached hydrogens (tertiary/aromatic N) is 1. The lowest BCUT2D eigenvalue weighted by Gasteiger charge is -2.08. The van der Waals surface area contributed by atoms with Crippen molar-refractivity contribution >= 4 is 23.6 Å². The van der Waals surface area contributed by atoms with E-state index in [1.165, 1.54) is 6.08 Å². The monoisotopic (exact) mass is 310 g/mol. The van der Waals surface area contributed by atoms with Crippen LogP contribution in [0.4, 0.5) is 0 Å². The van der Waals surface area contributed by atoms with Gasteiger partial charge in [-0.3, -0.25) is 4.79 Å². The van der Waals surface area contributed by atoms with E-state index < -0.39 is 0 Å². The van der Waals surface area contributed by atoms with Crippen molar-refractivity contribution < 1.29 is 14.3 Å². The number of nitrogens with one attached hydrogen (secondary N) is 1. The third kappa shape index (κ3) is 4.65. The number of fused-ring (bicyclic) bond motifs is 1. The molecule has 1 aliphatic heterocycles. The molecule has 1 N–H and O–H groups in total. The number of rotatable bonds is 6. The topological polar surface area (TPSA) is 50.8 Å². The summed E-state index contributed by atoms with van der Waals surface area (Å²) in [5, 5.41) is 3.32. The molecule has 5 nitrogen and oxygen atoms in total. The quantitative estimate of drug-likeness (QED) is 0.646. The zero-order valence-electron chi connectivity index (χ0n) is 12.2. The lowest BCUT2D eigenvalue weighted by molar-refractivity contribution is -0.116. The van der Waals surface area contributed by atoms with Crippen LogP contribution in [0.15, 0.2) is 18.2 Å². The number of carbonyl (C=O) groups is 1. The predicted octanol–water partition coefficient (Wildman–Crippen LogP) is 2.15. The predicted molar refractivity (Wildman–Crippen MR) is 82.8 cm³/mol. The summed E-state index contributed by atoms with van der Waals surface area (Å²) in [6.07, 6.45) is 4.11.